The van der Waals surface area contributed by atoms with Gasteiger partial charge in [-0.05, 0) is 66.2 Å². The van der Waals surface area contributed by atoms with Crippen molar-refractivity contribution in [1.29, 1.82) is 0 Å². The molecule has 0 aliphatic heterocycles. The topological polar surface area (TPSA) is 85.9 Å². The lowest BCUT2D eigenvalue weighted by Crippen LogP contribution is -2.37. The number of nitrogens with one attached hydrogen (secondary N) is 2. The van der Waals surface area contributed by atoms with Crippen molar-refractivity contribution in [3.63, 3.8) is 0 Å². The highest BCUT2D eigenvalue weighted by atomic mass is 19.1. The molecule has 0 unspecified atom stereocenters. The Labute approximate surface area is 216 Å². The van der Waals surface area contributed by atoms with Crippen molar-refractivity contribution in [1.82, 2.24) is 10.6 Å². The number of hydrogen-bond donors (Lipinski definition) is 2. The van der Waals surface area contributed by atoms with Crippen LogP contribution >= 0.6 is 0 Å². The number of carbonyl (C=O) groups is 2. The van der Waals surface area contributed by atoms with Gasteiger partial charge in [-0.2, -0.15) is 0 Å². The molecule has 37 heavy (non-hydrogen) atoms. The standard InChI is InChI=1S/C29H33FN2O5/c1-31-25(28(33)35-3)16-22-14-20(10-12-24(22)30)21-11-13-27(37-18-19-8-6-5-7-9-19)23(15-21)17-26(32-2)29(34)36-4/h5-15,25-26,31-32H,16-18H2,1-4H3/t25-,26-/m0/s1. The zero-order chi connectivity index (χ0) is 26.8. The first-order chi connectivity index (χ1) is 17.9. The van der Waals surface area contributed by atoms with Crippen molar-refractivity contribution in [3.8, 4) is 16.9 Å². The van der Waals surface area contributed by atoms with E-state index in [4.69, 9.17) is 14.2 Å². The molecule has 8 heteroatoms. The van der Waals surface area contributed by atoms with Crippen LogP contribution in [0.25, 0.3) is 11.1 Å². The first-order valence-electron chi connectivity index (χ1n) is 12.0. The number of esters is 2. The van der Waals surface area contributed by atoms with Crippen molar-refractivity contribution >= 4 is 11.9 Å². The predicted octanol–water partition coefficient (Wildman–Crippen LogP) is 3.68. The summed E-state index contributed by atoms with van der Waals surface area (Å²) in [5.74, 6) is -0.612. The SMILES string of the molecule is CN[C@@H](Cc1cc(-c2ccc(OCc3ccccc3)c(C[C@H](NC)C(=O)OC)c2)ccc1F)C(=O)OC. The summed E-state index contributed by atoms with van der Waals surface area (Å²) < 4.78 is 30.5. The molecule has 0 aliphatic carbocycles. The summed E-state index contributed by atoms with van der Waals surface area (Å²) in [5.41, 5.74) is 3.79. The Morgan fingerprint density at radius 1 is 0.784 bits per heavy atom. The van der Waals surface area contributed by atoms with Crippen molar-refractivity contribution in [3.05, 3.63) is 89.2 Å². The van der Waals surface area contributed by atoms with E-state index in [0.29, 0.717) is 24.3 Å². The fourth-order valence-corrected chi connectivity index (χ4v) is 4.04. The van der Waals surface area contributed by atoms with Crippen LogP contribution in [-0.2, 0) is 38.5 Å². The predicted molar refractivity (Wildman–Crippen MR) is 140 cm³/mol. The number of methoxy groups -OCH3 is 2. The van der Waals surface area contributed by atoms with Gasteiger partial charge in [0.1, 0.15) is 30.3 Å². The molecule has 7 nitrogen and oxygen atoms in total. The summed E-state index contributed by atoms with van der Waals surface area (Å²) >= 11 is 0. The van der Waals surface area contributed by atoms with Gasteiger partial charge in [-0.25, -0.2) is 4.39 Å². The summed E-state index contributed by atoms with van der Waals surface area (Å²) in [4.78, 5) is 24.3. The van der Waals surface area contributed by atoms with Crippen LogP contribution in [0.1, 0.15) is 16.7 Å². The van der Waals surface area contributed by atoms with Crippen LogP contribution < -0.4 is 15.4 Å². The van der Waals surface area contributed by atoms with Crippen LogP contribution in [0.4, 0.5) is 4.39 Å². The maximum atomic E-state index is 14.6. The van der Waals surface area contributed by atoms with E-state index in [0.717, 1.165) is 22.3 Å². The summed E-state index contributed by atoms with van der Waals surface area (Å²) in [6.07, 6.45) is 0.470. The molecule has 0 radical (unpaired) electrons. The molecule has 0 aromatic heterocycles. The Morgan fingerprint density at radius 2 is 1.32 bits per heavy atom. The van der Waals surface area contributed by atoms with Crippen LogP contribution in [0.2, 0.25) is 0 Å². The highest BCUT2D eigenvalue weighted by Gasteiger charge is 2.22. The Bertz CT molecular complexity index is 1200. The van der Waals surface area contributed by atoms with Gasteiger partial charge in [-0.1, -0.05) is 42.5 Å². The van der Waals surface area contributed by atoms with Crippen molar-refractivity contribution in [2.75, 3.05) is 28.3 Å². The molecule has 3 aromatic rings. The van der Waals surface area contributed by atoms with Gasteiger partial charge in [0.25, 0.3) is 0 Å². The van der Waals surface area contributed by atoms with Gasteiger partial charge in [0.15, 0.2) is 0 Å². The lowest BCUT2D eigenvalue weighted by Gasteiger charge is -2.18. The van der Waals surface area contributed by atoms with Crippen LogP contribution in [0.15, 0.2) is 66.7 Å². The molecule has 0 spiro atoms. The fourth-order valence-electron chi connectivity index (χ4n) is 4.04. The van der Waals surface area contributed by atoms with E-state index < -0.39 is 23.9 Å². The van der Waals surface area contributed by atoms with E-state index >= 15 is 0 Å². The van der Waals surface area contributed by atoms with Crippen LogP contribution in [0, 0.1) is 5.82 Å². The lowest BCUT2D eigenvalue weighted by molar-refractivity contribution is -0.143. The van der Waals surface area contributed by atoms with Crippen LogP contribution in [-0.4, -0.2) is 52.3 Å². The minimum atomic E-state index is -0.671. The second-order valence-electron chi connectivity index (χ2n) is 8.54. The van der Waals surface area contributed by atoms with E-state index in [9.17, 15) is 14.0 Å². The maximum Gasteiger partial charge on any atom is 0.323 e. The highest BCUT2D eigenvalue weighted by Crippen LogP contribution is 2.30. The average molecular weight is 509 g/mol. The normalized spacial score (nSPS) is 12.5. The second-order valence-corrected chi connectivity index (χ2v) is 8.54. The van der Waals surface area contributed by atoms with Gasteiger partial charge in [-0.3, -0.25) is 9.59 Å². The molecule has 0 saturated heterocycles. The zero-order valence-corrected chi connectivity index (χ0v) is 21.5. The Kier molecular flexibility index (Phi) is 10.2. The molecule has 3 rings (SSSR count). The summed E-state index contributed by atoms with van der Waals surface area (Å²) in [7, 11) is 5.98. The number of halogens is 1. The first kappa shape index (κ1) is 27.8. The van der Waals surface area contributed by atoms with E-state index in [1.165, 1.54) is 20.3 Å². The highest BCUT2D eigenvalue weighted by molar-refractivity contribution is 5.77. The van der Waals surface area contributed by atoms with Gasteiger partial charge in [-0.15, -0.1) is 0 Å². The van der Waals surface area contributed by atoms with E-state index in [1.54, 1.807) is 26.2 Å². The van der Waals surface area contributed by atoms with Crippen molar-refractivity contribution < 1.29 is 28.2 Å². The summed E-state index contributed by atoms with van der Waals surface area (Å²) in [6, 6.07) is 19.0. The Balaban J connectivity index is 1.95. The van der Waals surface area contributed by atoms with E-state index in [1.807, 2.05) is 48.5 Å². The van der Waals surface area contributed by atoms with Gasteiger partial charge in [0, 0.05) is 12.8 Å². The minimum Gasteiger partial charge on any atom is -0.489 e. The van der Waals surface area contributed by atoms with Gasteiger partial charge in [0.05, 0.1) is 14.2 Å². The third-order valence-corrected chi connectivity index (χ3v) is 6.19. The molecule has 2 atom stereocenters. The largest absolute Gasteiger partial charge is 0.489 e. The molecular weight excluding hydrogens is 475 g/mol. The third kappa shape index (κ3) is 7.38. The average Bonchev–Trinajstić information content (AvgIpc) is 2.94. The molecule has 0 saturated carbocycles. The fraction of sp³-hybridized carbons (Fsp3) is 0.310. The Hall–Kier alpha value is -3.75. The molecule has 0 aliphatic rings. The maximum absolute atomic E-state index is 14.6. The van der Waals surface area contributed by atoms with Crippen LogP contribution in [0.5, 0.6) is 5.75 Å². The van der Waals surface area contributed by atoms with E-state index in [2.05, 4.69) is 10.6 Å². The zero-order valence-electron chi connectivity index (χ0n) is 21.5. The molecule has 196 valence electrons. The molecule has 0 bridgehead atoms. The lowest BCUT2D eigenvalue weighted by atomic mass is 9.95. The van der Waals surface area contributed by atoms with E-state index in [-0.39, 0.29) is 12.4 Å². The quantitative estimate of drug-likeness (QED) is 0.361. The molecule has 3 aromatic carbocycles. The van der Waals surface area contributed by atoms with Gasteiger partial charge < -0.3 is 24.8 Å². The van der Waals surface area contributed by atoms with Gasteiger partial charge >= 0.3 is 11.9 Å². The number of likely N-dealkylation sites (N-methyl/N-ethyl adjacent to an activating group) is 2. The number of hydrogen-bond acceptors (Lipinski definition) is 7. The van der Waals surface area contributed by atoms with Crippen LogP contribution in [0.3, 0.4) is 0 Å². The number of benzene rings is 3. The first-order valence-corrected chi connectivity index (χ1v) is 12.0. The number of rotatable bonds is 12. The summed E-state index contributed by atoms with van der Waals surface area (Å²) in [5, 5.41) is 5.86. The monoisotopic (exact) mass is 508 g/mol. The molecule has 0 fully saturated rings. The smallest absolute Gasteiger partial charge is 0.323 e. The number of ether oxygens (including phenoxy) is 3. The molecule has 2 N–H and O–H groups in total. The summed E-state index contributed by atoms with van der Waals surface area (Å²) in [6.45, 7) is 0.370. The second kappa shape index (κ2) is 13.5. The minimum absolute atomic E-state index is 0.137. The van der Waals surface area contributed by atoms with Crippen molar-refractivity contribution in [2.24, 2.45) is 0 Å². The number of carbonyl (C=O) groups excluding carboxylic acids is 2. The molecule has 0 heterocycles. The van der Waals surface area contributed by atoms with Crippen molar-refractivity contribution in [2.45, 2.75) is 31.5 Å². The third-order valence-electron chi connectivity index (χ3n) is 6.19. The van der Waals surface area contributed by atoms with Gasteiger partial charge in [0.2, 0.25) is 0 Å². The Morgan fingerprint density at radius 3 is 1.89 bits per heavy atom. The molecular formula is C29H33FN2O5. The molecule has 0 amide bonds.